The molecule has 6 heteroatoms. The van der Waals surface area contributed by atoms with Crippen LogP contribution in [-0.2, 0) is 9.59 Å². The van der Waals surface area contributed by atoms with Crippen molar-refractivity contribution in [2.45, 2.75) is 38.9 Å². The normalized spacial score (nSPS) is 14.7. The molecule has 0 aliphatic heterocycles. The SMILES string of the molecule is CC(C)(O)C(=O)C1=CC(=O)C(=O)c2c1ccc1ccc(C(=O)C(C)(C)O)cc21. The van der Waals surface area contributed by atoms with E-state index in [2.05, 4.69) is 0 Å². The van der Waals surface area contributed by atoms with Gasteiger partial charge in [-0.3, -0.25) is 19.2 Å². The summed E-state index contributed by atoms with van der Waals surface area (Å²) >= 11 is 0. The molecule has 0 spiro atoms. The Kier molecular flexibility index (Phi) is 4.45. The van der Waals surface area contributed by atoms with E-state index < -0.39 is 34.3 Å². The standard InChI is InChI=1S/C22H20O6/c1-21(2,27)19(25)12-6-5-11-7-8-13-15(20(26)22(3,4)28)10-16(23)18(24)17(13)14(11)9-12/h5-10,27-28H,1-4H3. The van der Waals surface area contributed by atoms with E-state index in [9.17, 15) is 29.4 Å². The summed E-state index contributed by atoms with van der Waals surface area (Å²) in [6, 6.07) is 7.80. The van der Waals surface area contributed by atoms with Gasteiger partial charge < -0.3 is 10.2 Å². The average Bonchev–Trinajstić information content (AvgIpc) is 2.60. The number of carbonyl (C=O) groups is 4. The first-order valence-corrected chi connectivity index (χ1v) is 8.74. The molecule has 2 aromatic rings. The molecular weight excluding hydrogens is 360 g/mol. The van der Waals surface area contributed by atoms with Gasteiger partial charge in [0, 0.05) is 22.8 Å². The van der Waals surface area contributed by atoms with Gasteiger partial charge in [-0.05, 0) is 50.1 Å². The fraction of sp³-hybridized carbons (Fsp3) is 0.273. The van der Waals surface area contributed by atoms with E-state index in [0.717, 1.165) is 6.08 Å². The Balaban J connectivity index is 2.31. The third-order valence-corrected chi connectivity index (χ3v) is 4.66. The van der Waals surface area contributed by atoms with Crippen molar-refractivity contribution in [3.05, 3.63) is 53.1 Å². The Labute approximate surface area is 161 Å². The average molecular weight is 380 g/mol. The second-order valence-electron chi connectivity index (χ2n) is 7.95. The van der Waals surface area contributed by atoms with Crippen LogP contribution in [0.5, 0.6) is 0 Å². The predicted molar refractivity (Wildman–Crippen MR) is 103 cm³/mol. The fourth-order valence-electron chi connectivity index (χ4n) is 3.20. The van der Waals surface area contributed by atoms with Gasteiger partial charge in [0.1, 0.15) is 11.2 Å². The molecule has 144 valence electrons. The van der Waals surface area contributed by atoms with E-state index in [1.165, 1.54) is 39.8 Å². The highest BCUT2D eigenvalue weighted by Crippen LogP contribution is 2.34. The van der Waals surface area contributed by atoms with E-state index in [4.69, 9.17) is 0 Å². The molecule has 0 amide bonds. The van der Waals surface area contributed by atoms with Crippen LogP contribution in [0, 0.1) is 0 Å². The molecule has 6 nitrogen and oxygen atoms in total. The summed E-state index contributed by atoms with van der Waals surface area (Å²) in [6.45, 7) is 5.32. The number of fused-ring (bicyclic) bond motifs is 3. The number of aliphatic hydroxyl groups is 2. The number of benzene rings is 2. The maximum Gasteiger partial charge on any atom is 0.234 e. The first-order valence-electron chi connectivity index (χ1n) is 8.74. The summed E-state index contributed by atoms with van der Waals surface area (Å²) in [4.78, 5) is 49.9. The van der Waals surface area contributed by atoms with Crippen LogP contribution >= 0.6 is 0 Å². The van der Waals surface area contributed by atoms with Crippen LogP contribution in [-0.4, -0.2) is 44.5 Å². The third kappa shape index (κ3) is 3.21. The smallest absolute Gasteiger partial charge is 0.234 e. The minimum Gasteiger partial charge on any atom is -0.382 e. The Bertz CT molecular complexity index is 1090. The molecule has 3 rings (SSSR count). The summed E-state index contributed by atoms with van der Waals surface area (Å²) < 4.78 is 0. The first-order chi connectivity index (χ1) is 12.8. The minimum absolute atomic E-state index is 0.0167. The molecule has 0 atom stereocenters. The van der Waals surface area contributed by atoms with Gasteiger partial charge in [0.15, 0.2) is 11.6 Å². The van der Waals surface area contributed by atoms with Gasteiger partial charge in [-0.15, -0.1) is 0 Å². The first kappa shape index (κ1) is 19.8. The van der Waals surface area contributed by atoms with Gasteiger partial charge in [0.05, 0.1) is 0 Å². The zero-order chi connectivity index (χ0) is 21.0. The molecule has 28 heavy (non-hydrogen) atoms. The van der Waals surface area contributed by atoms with Crippen molar-refractivity contribution < 1.29 is 29.4 Å². The molecule has 0 radical (unpaired) electrons. The number of hydrogen-bond donors (Lipinski definition) is 2. The molecule has 1 aliphatic rings. The molecular formula is C22H20O6. The second-order valence-corrected chi connectivity index (χ2v) is 7.95. The fourth-order valence-corrected chi connectivity index (χ4v) is 3.20. The molecule has 2 aromatic carbocycles. The molecule has 0 fully saturated rings. The Morgan fingerprint density at radius 2 is 1.43 bits per heavy atom. The lowest BCUT2D eigenvalue weighted by molar-refractivity contribution is -0.128. The van der Waals surface area contributed by atoms with Crippen molar-refractivity contribution in [3.8, 4) is 0 Å². The lowest BCUT2D eigenvalue weighted by Crippen LogP contribution is -2.34. The lowest BCUT2D eigenvalue weighted by atomic mass is 9.80. The number of carbonyl (C=O) groups excluding carboxylic acids is 4. The van der Waals surface area contributed by atoms with Crippen LogP contribution in [0.25, 0.3) is 16.3 Å². The van der Waals surface area contributed by atoms with E-state index >= 15 is 0 Å². The van der Waals surface area contributed by atoms with Crippen molar-refractivity contribution in [3.63, 3.8) is 0 Å². The van der Waals surface area contributed by atoms with Gasteiger partial charge in [0.25, 0.3) is 0 Å². The quantitative estimate of drug-likeness (QED) is 0.622. The van der Waals surface area contributed by atoms with E-state index in [1.807, 2.05) is 0 Å². The Morgan fingerprint density at radius 1 is 0.857 bits per heavy atom. The van der Waals surface area contributed by atoms with Crippen LogP contribution in [0.15, 0.2) is 36.4 Å². The van der Waals surface area contributed by atoms with Crippen LogP contribution in [0.2, 0.25) is 0 Å². The third-order valence-electron chi connectivity index (χ3n) is 4.66. The Morgan fingerprint density at radius 3 is 2.00 bits per heavy atom. The molecule has 0 aromatic heterocycles. The number of allylic oxidation sites excluding steroid dienone is 1. The van der Waals surface area contributed by atoms with E-state index in [-0.39, 0.29) is 22.3 Å². The van der Waals surface area contributed by atoms with E-state index in [1.54, 1.807) is 18.2 Å². The summed E-state index contributed by atoms with van der Waals surface area (Å²) in [5.74, 6) is -2.88. The number of Topliss-reactive ketones (excluding diaryl/α,β-unsaturated/α-hetero) is 3. The minimum atomic E-state index is -1.72. The molecule has 0 saturated heterocycles. The maximum absolute atomic E-state index is 12.6. The molecule has 2 N–H and O–H groups in total. The van der Waals surface area contributed by atoms with Crippen molar-refractivity contribution in [1.29, 1.82) is 0 Å². The molecule has 1 aliphatic carbocycles. The lowest BCUT2D eigenvalue weighted by Gasteiger charge is -2.23. The summed E-state index contributed by atoms with van der Waals surface area (Å²) in [7, 11) is 0. The van der Waals surface area contributed by atoms with Crippen LogP contribution in [0.3, 0.4) is 0 Å². The van der Waals surface area contributed by atoms with Crippen molar-refractivity contribution in [2.24, 2.45) is 0 Å². The highest BCUT2D eigenvalue weighted by Gasteiger charge is 2.36. The van der Waals surface area contributed by atoms with Gasteiger partial charge in [-0.1, -0.05) is 24.3 Å². The second kappa shape index (κ2) is 6.29. The van der Waals surface area contributed by atoms with Crippen molar-refractivity contribution >= 4 is 39.5 Å². The zero-order valence-corrected chi connectivity index (χ0v) is 16.0. The van der Waals surface area contributed by atoms with Crippen LogP contribution < -0.4 is 0 Å². The largest absolute Gasteiger partial charge is 0.382 e. The van der Waals surface area contributed by atoms with Gasteiger partial charge in [-0.25, -0.2) is 0 Å². The molecule has 0 unspecified atom stereocenters. The molecule has 0 heterocycles. The summed E-state index contributed by atoms with van der Waals surface area (Å²) in [5, 5.41) is 21.0. The van der Waals surface area contributed by atoms with Gasteiger partial charge in [0.2, 0.25) is 11.6 Å². The van der Waals surface area contributed by atoms with Gasteiger partial charge >= 0.3 is 0 Å². The topological polar surface area (TPSA) is 109 Å². The van der Waals surface area contributed by atoms with Crippen LogP contribution in [0.4, 0.5) is 0 Å². The summed E-state index contributed by atoms with van der Waals surface area (Å²) in [6.07, 6.45) is 0.947. The predicted octanol–water partition coefficient (Wildman–Crippen LogP) is 2.28. The van der Waals surface area contributed by atoms with Crippen molar-refractivity contribution in [2.75, 3.05) is 0 Å². The highest BCUT2D eigenvalue weighted by molar-refractivity contribution is 6.55. The number of ketones is 4. The highest BCUT2D eigenvalue weighted by atomic mass is 16.3. The summed E-state index contributed by atoms with van der Waals surface area (Å²) in [5.41, 5.74) is -2.95. The maximum atomic E-state index is 12.6. The van der Waals surface area contributed by atoms with Crippen LogP contribution in [0.1, 0.15) is 54.0 Å². The molecule has 0 saturated carbocycles. The monoisotopic (exact) mass is 380 g/mol. The number of rotatable bonds is 4. The van der Waals surface area contributed by atoms with Crippen molar-refractivity contribution in [1.82, 2.24) is 0 Å². The zero-order valence-electron chi connectivity index (χ0n) is 16.0. The van der Waals surface area contributed by atoms with E-state index in [0.29, 0.717) is 10.8 Å². The van der Waals surface area contributed by atoms with Gasteiger partial charge in [-0.2, -0.15) is 0 Å². The number of hydrogen-bond acceptors (Lipinski definition) is 6. The molecule has 0 bridgehead atoms. The Hall–Kier alpha value is -2.96.